The Morgan fingerprint density at radius 2 is 1.72 bits per heavy atom. The lowest BCUT2D eigenvalue weighted by atomic mass is 9.78. The molecule has 0 radical (unpaired) electrons. The van der Waals surface area contributed by atoms with Gasteiger partial charge in [-0.1, -0.05) is 62.7 Å². The number of aryl methyl sites for hydroxylation is 2. The predicted octanol–water partition coefficient (Wildman–Crippen LogP) is 5.65. The largest absolute Gasteiger partial charge is 0.494 e. The molecule has 0 spiro atoms. The van der Waals surface area contributed by atoms with Crippen molar-refractivity contribution in [3.05, 3.63) is 65.2 Å². The quantitative estimate of drug-likeness (QED) is 0.518. The Balaban J connectivity index is 1.87. The molecule has 36 heavy (non-hydrogen) atoms. The van der Waals surface area contributed by atoms with E-state index < -0.39 is 12.0 Å². The van der Waals surface area contributed by atoms with Gasteiger partial charge in [0.1, 0.15) is 11.5 Å². The molecule has 1 amide bonds. The Labute approximate surface area is 216 Å². The Morgan fingerprint density at radius 3 is 2.36 bits per heavy atom. The third-order valence-electron chi connectivity index (χ3n) is 7.09. The molecule has 2 aliphatic heterocycles. The van der Waals surface area contributed by atoms with Crippen molar-refractivity contribution in [1.29, 1.82) is 0 Å². The summed E-state index contributed by atoms with van der Waals surface area (Å²) in [5, 5.41) is 3.09. The number of ketones is 2. The molecule has 2 heterocycles. The average Bonchev–Trinajstić information content (AvgIpc) is 2.86. The van der Waals surface area contributed by atoms with Gasteiger partial charge in [0.05, 0.1) is 12.6 Å². The molecule has 2 bridgehead atoms. The minimum absolute atomic E-state index is 0.0120. The lowest BCUT2D eigenvalue weighted by Gasteiger charge is -2.29. The van der Waals surface area contributed by atoms with Crippen LogP contribution in [0.15, 0.2) is 48.5 Å². The normalized spacial score (nSPS) is 20.9. The maximum atomic E-state index is 13.7. The summed E-state index contributed by atoms with van der Waals surface area (Å²) >= 11 is 0. The minimum Gasteiger partial charge on any atom is -0.494 e. The third kappa shape index (κ3) is 8.04. The highest BCUT2D eigenvalue weighted by molar-refractivity contribution is 5.93. The van der Waals surface area contributed by atoms with Crippen molar-refractivity contribution in [2.24, 2.45) is 17.8 Å². The third-order valence-corrected chi connectivity index (χ3v) is 7.09. The first-order chi connectivity index (χ1) is 17.3. The van der Waals surface area contributed by atoms with Gasteiger partial charge in [0.25, 0.3) is 0 Å². The summed E-state index contributed by atoms with van der Waals surface area (Å²) in [7, 11) is 0. The highest BCUT2D eigenvalue weighted by atomic mass is 16.5. The predicted molar refractivity (Wildman–Crippen MR) is 143 cm³/mol. The van der Waals surface area contributed by atoms with Gasteiger partial charge in [0.2, 0.25) is 5.91 Å². The highest BCUT2D eigenvalue weighted by Crippen LogP contribution is 2.28. The van der Waals surface area contributed by atoms with E-state index in [1.807, 2.05) is 62.4 Å². The molecule has 0 saturated carbocycles. The van der Waals surface area contributed by atoms with Crippen molar-refractivity contribution in [3.8, 4) is 5.75 Å². The first-order valence-corrected chi connectivity index (χ1v) is 13.4. The van der Waals surface area contributed by atoms with Gasteiger partial charge >= 0.3 is 0 Å². The number of hydrogen-bond acceptors (Lipinski definition) is 4. The second kappa shape index (κ2) is 13.4. The first kappa shape index (κ1) is 27.6. The molecule has 0 aliphatic carbocycles. The van der Waals surface area contributed by atoms with Crippen molar-refractivity contribution >= 4 is 17.5 Å². The lowest BCUT2D eigenvalue weighted by Crippen LogP contribution is -2.47. The molecular weight excluding hydrogens is 450 g/mol. The fourth-order valence-corrected chi connectivity index (χ4v) is 4.98. The van der Waals surface area contributed by atoms with Gasteiger partial charge in [-0.25, -0.2) is 0 Å². The number of amides is 1. The van der Waals surface area contributed by atoms with Gasteiger partial charge in [0, 0.05) is 24.7 Å². The van der Waals surface area contributed by atoms with E-state index in [1.165, 1.54) is 5.56 Å². The van der Waals surface area contributed by atoms with Gasteiger partial charge < -0.3 is 10.1 Å². The van der Waals surface area contributed by atoms with E-state index in [-0.39, 0.29) is 29.3 Å². The second-order valence-electron chi connectivity index (χ2n) is 10.5. The molecule has 0 fully saturated rings. The van der Waals surface area contributed by atoms with Crippen LogP contribution in [0.3, 0.4) is 0 Å². The fraction of sp³-hybridized carbons (Fsp3) is 0.516. The molecule has 0 unspecified atom stereocenters. The van der Waals surface area contributed by atoms with E-state index >= 15 is 0 Å². The van der Waals surface area contributed by atoms with Crippen molar-refractivity contribution in [1.82, 2.24) is 5.32 Å². The van der Waals surface area contributed by atoms with Crippen molar-refractivity contribution in [3.63, 3.8) is 0 Å². The number of ether oxygens (including phenoxy) is 1. The van der Waals surface area contributed by atoms with E-state index in [9.17, 15) is 14.4 Å². The molecule has 2 aromatic rings. The molecule has 5 nitrogen and oxygen atoms in total. The van der Waals surface area contributed by atoms with Crippen LogP contribution >= 0.6 is 0 Å². The Morgan fingerprint density at radius 1 is 1.03 bits per heavy atom. The summed E-state index contributed by atoms with van der Waals surface area (Å²) in [6.45, 7) is 8.54. The average molecular weight is 492 g/mol. The Kier molecular flexibility index (Phi) is 10.3. The summed E-state index contributed by atoms with van der Waals surface area (Å²) in [6.07, 6.45) is 3.69. The molecule has 2 aromatic carbocycles. The summed E-state index contributed by atoms with van der Waals surface area (Å²) in [4.78, 5) is 40.1. The molecule has 194 valence electrons. The number of fused-ring (bicyclic) bond motifs is 11. The van der Waals surface area contributed by atoms with Crippen molar-refractivity contribution in [2.45, 2.75) is 78.7 Å². The molecule has 0 saturated heterocycles. The number of hydrogen-bond donors (Lipinski definition) is 1. The zero-order chi connectivity index (χ0) is 26.1. The maximum absolute atomic E-state index is 13.7. The molecule has 4 rings (SSSR count). The summed E-state index contributed by atoms with van der Waals surface area (Å²) in [5.41, 5.74) is 3.26. The van der Waals surface area contributed by atoms with Crippen LogP contribution in [0.5, 0.6) is 5.75 Å². The van der Waals surface area contributed by atoms with E-state index in [2.05, 4.69) is 19.2 Å². The Hall–Kier alpha value is -2.95. The molecule has 5 heteroatoms. The number of Topliss-reactive ketones (excluding diaryl/α,β-unsaturated/α-hetero) is 2. The number of carbonyl (C=O) groups excluding carboxylic acids is 3. The molecule has 0 aromatic heterocycles. The van der Waals surface area contributed by atoms with Crippen LogP contribution in [0.1, 0.15) is 69.6 Å². The standard InChI is InChI=1S/C31H41NO4/c1-5-29(33)26-7-6-18-36-25-15-12-24(13-16-25)20-28(32-31(35)27(26)19-21(2)3)30(34)17-14-23-10-8-22(4)9-11-23/h8-13,15-16,21,26-28H,5-7,14,17-20H2,1-4H3,(H,32,35)/t26-,27+,28-/m0/s1. The fourth-order valence-electron chi connectivity index (χ4n) is 4.98. The van der Waals surface area contributed by atoms with E-state index in [0.717, 1.165) is 16.9 Å². The van der Waals surface area contributed by atoms with Gasteiger partial charge in [-0.15, -0.1) is 0 Å². The topological polar surface area (TPSA) is 72.5 Å². The van der Waals surface area contributed by atoms with Crippen LogP contribution in [-0.4, -0.2) is 30.1 Å². The summed E-state index contributed by atoms with van der Waals surface area (Å²) in [6, 6.07) is 15.3. The van der Waals surface area contributed by atoms with Gasteiger partial charge in [-0.2, -0.15) is 0 Å². The smallest absolute Gasteiger partial charge is 0.224 e. The van der Waals surface area contributed by atoms with Crippen LogP contribution in [0, 0.1) is 24.7 Å². The number of benzene rings is 2. The van der Waals surface area contributed by atoms with Crippen LogP contribution < -0.4 is 10.1 Å². The van der Waals surface area contributed by atoms with Crippen molar-refractivity contribution < 1.29 is 19.1 Å². The monoisotopic (exact) mass is 491 g/mol. The number of nitrogens with one attached hydrogen (secondary N) is 1. The van der Waals surface area contributed by atoms with Gasteiger partial charge in [-0.3, -0.25) is 14.4 Å². The lowest BCUT2D eigenvalue weighted by molar-refractivity contribution is -0.136. The zero-order valence-corrected chi connectivity index (χ0v) is 22.2. The van der Waals surface area contributed by atoms with Gasteiger partial charge in [-0.05, 0) is 68.2 Å². The SMILES string of the molecule is CCC(=O)[C@H]1CCCOc2ccc(cc2)C[C@@H](C(=O)CCc2ccc(C)cc2)NC(=O)[C@@H]1CC(C)C. The first-order valence-electron chi connectivity index (χ1n) is 13.4. The number of rotatable bonds is 8. The van der Waals surface area contributed by atoms with E-state index in [1.54, 1.807) is 0 Å². The van der Waals surface area contributed by atoms with Crippen molar-refractivity contribution in [2.75, 3.05) is 6.61 Å². The molecule has 3 atom stereocenters. The van der Waals surface area contributed by atoms with Crippen LogP contribution in [0.4, 0.5) is 0 Å². The van der Waals surface area contributed by atoms with Gasteiger partial charge in [0.15, 0.2) is 5.78 Å². The van der Waals surface area contributed by atoms with Crippen LogP contribution in [0.2, 0.25) is 0 Å². The molecular formula is C31H41NO4. The van der Waals surface area contributed by atoms with Crippen LogP contribution in [-0.2, 0) is 27.2 Å². The molecule has 2 aliphatic rings. The Bertz CT molecular complexity index is 1010. The zero-order valence-electron chi connectivity index (χ0n) is 22.2. The summed E-state index contributed by atoms with van der Waals surface area (Å²) < 4.78 is 5.90. The maximum Gasteiger partial charge on any atom is 0.224 e. The van der Waals surface area contributed by atoms with E-state index in [4.69, 9.17) is 4.74 Å². The van der Waals surface area contributed by atoms with E-state index in [0.29, 0.717) is 51.6 Å². The van der Waals surface area contributed by atoms with Crippen LogP contribution in [0.25, 0.3) is 0 Å². The second-order valence-corrected chi connectivity index (χ2v) is 10.5. The minimum atomic E-state index is -0.635. The summed E-state index contributed by atoms with van der Waals surface area (Å²) in [5.74, 6) is 0.150. The highest BCUT2D eigenvalue weighted by Gasteiger charge is 2.35. The molecule has 1 N–H and O–H groups in total. The number of carbonyl (C=O) groups is 3.